The number of hydrogen-bond acceptors (Lipinski definition) is 4. The number of rotatable bonds is 2. The van der Waals surface area contributed by atoms with E-state index in [0.717, 1.165) is 0 Å². The van der Waals surface area contributed by atoms with Gasteiger partial charge in [-0.15, -0.1) is 0 Å². The minimum atomic E-state index is -0.479. The van der Waals surface area contributed by atoms with E-state index < -0.39 is 17.6 Å². The average Bonchev–Trinajstić information content (AvgIpc) is 2.27. The second-order valence-corrected chi connectivity index (χ2v) is 4.33. The lowest BCUT2D eigenvalue weighted by atomic mass is 10.1. The highest BCUT2D eigenvalue weighted by Crippen LogP contribution is 2.23. The van der Waals surface area contributed by atoms with Gasteiger partial charge in [0.1, 0.15) is 5.82 Å². The summed E-state index contributed by atoms with van der Waals surface area (Å²) >= 11 is 0. The summed E-state index contributed by atoms with van der Waals surface area (Å²) in [6.45, 7) is 1.70. The molecule has 1 aromatic rings. The Labute approximate surface area is 104 Å². The Hall–Kier alpha value is -1.95. The van der Waals surface area contributed by atoms with Crippen molar-refractivity contribution in [3.05, 3.63) is 29.6 Å². The number of carbonyl (C=O) groups excluding carboxylic acids is 2. The summed E-state index contributed by atoms with van der Waals surface area (Å²) < 4.78 is 13.9. The lowest BCUT2D eigenvalue weighted by molar-refractivity contribution is -0.130. The number of piperazine rings is 1. The molecule has 1 heterocycles. The highest BCUT2D eigenvalue weighted by molar-refractivity contribution is 6.02. The van der Waals surface area contributed by atoms with Crippen molar-refractivity contribution in [3.8, 4) is 0 Å². The lowest BCUT2D eigenvalue weighted by Gasteiger charge is -2.28. The standard InChI is InChI=1S/C12H14FN3O2/c1-7(14)8-2-3-10(9(13)4-8)16-5-11(17)15-12(18)6-16/h2-4,7H,5-6,14H2,1H3,(H,15,17,18). The molecule has 6 heteroatoms. The third-order valence-corrected chi connectivity index (χ3v) is 2.79. The van der Waals surface area contributed by atoms with Crippen LogP contribution >= 0.6 is 0 Å². The van der Waals surface area contributed by atoms with Gasteiger partial charge in [0.2, 0.25) is 11.8 Å². The summed E-state index contributed by atoms with van der Waals surface area (Å²) in [5, 5.41) is 2.17. The van der Waals surface area contributed by atoms with Crippen LogP contribution in [-0.2, 0) is 9.59 Å². The van der Waals surface area contributed by atoms with E-state index in [-0.39, 0.29) is 24.8 Å². The molecule has 96 valence electrons. The average molecular weight is 251 g/mol. The molecule has 5 nitrogen and oxygen atoms in total. The summed E-state index contributed by atoms with van der Waals surface area (Å²) in [5.41, 5.74) is 6.57. The highest BCUT2D eigenvalue weighted by atomic mass is 19.1. The number of amides is 2. The van der Waals surface area contributed by atoms with Crippen LogP contribution in [0.5, 0.6) is 0 Å². The van der Waals surface area contributed by atoms with E-state index >= 15 is 0 Å². The number of halogens is 1. The molecule has 0 aliphatic carbocycles. The lowest BCUT2D eigenvalue weighted by Crippen LogP contribution is -2.51. The molecule has 18 heavy (non-hydrogen) atoms. The van der Waals surface area contributed by atoms with Gasteiger partial charge in [0, 0.05) is 6.04 Å². The minimum Gasteiger partial charge on any atom is -0.351 e. The molecule has 1 fully saturated rings. The monoisotopic (exact) mass is 251 g/mol. The second-order valence-electron chi connectivity index (χ2n) is 4.33. The summed E-state index contributed by atoms with van der Waals surface area (Å²) in [4.78, 5) is 23.9. The first-order valence-corrected chi connectivity index (χ1v) is 5.60. The molecule has 0 saturated carbocycles. The molecular formula is C12H14FN3O2. The van der Waals surface area contributed by atoms with Crippen LogP contribution in [0.2, 0.25) is 0 Å². The maximum Gasteiger partial charge on any atom is 0.246 e. The fourth-order valence-electron chi connectivity index (χ4n) is 1.87. The fraction of sp³-hybridized carbons (Fsp3) is 0.333. The normalized spacial score (nSPS) is 17.6. The van der Waals surface area contributed by atoms with Crippen molar-refractivity contribution in [2.75, 3.05) is 18.0 Å². The Kier molecular flexibility index (Phi) is 3.29. The summed E-state index contributed by atoms with van der Waals surface area (Å²) in [7, 11) is 0. The maximum absolute atomic E-state index is 13.9. The maximum atomic E-state index is 13.9. The summed E-state index contributed by atoms with van der Waals surface area (Å²) in [6, 6.07) is 4.30. The minimum absolute atomic E-state index is 0.0276. The molecule has 0 spiro atoms. The molecule has 0 aromatic heterocycles. The Morgan fingerprint density at radius 2 is 1.94 bits per heavy atom. The van der Waals surface area contributed by atoms with Gasteiger partial charge in [-0.3, -0.25) is 14.9 Å². The van der Waals surface area contributed by atoms with Crippen molar-refractivity contribution in [1.82, 2.24) is 5.32 Å². The zero-order chi connectivity index (χ0) is 13.3. The number of anilines is 1. The number of carbonyl (C=O) groups is 2. The molecule has 1 unspecified atom stereocenters. The first-order valence-electron chi connectivity index (χ1n) is 5.60. The smallest absolute Gasteiger partial charge is 0.246 e. The van der Waals surface area contributed by atoms with Crippen LogP contribution in [0.1, 0.15) is 18.5 Å². The van der Waals surface area contributed by atoms with E-state index in [4.69, 9.17) is 5.73 Å². The van der Waals surface area contributed by atoms with Crippen molar-refractivity contribution in [1.29, 1.82) is 0 Å². The van der Waals surface area contributed by atoms with Gasteiger partial charge < -0.3 is 10.6 Å². The molecule has 1 saturated heterocycles. The molecule has 0 bridgehead atoms. The molecule has 0 radical (unpaired) electrons. The van der Waals surface area contributed by atoms with Crippen LogP contribution in [0.4, 0.5) is 10.1 Å². The quantitative estimate of drug-likeness (QED) is 0.742. The zero-order valence-corrected chi connectivity index (χ0v) is 9.94. The van der Waals surface area contributed by atoms with Gasteiger partial charge in [-0.2, -0.15) is 0 Å². The molecular weight excluding hydrogens is 237 g/mol. The van der Waals surface area contributed by atoms with Crippen molar-refractivity contribution in [2.24, 2.45) is 5.73 Å². The fourth-order valence-corrected chi connectivity index (χ4v) is 1.87. The third-order valence-electron chi connectivity index (χ3n) is 2.79. The van der Waals surface area contributed by atoms with Crippen molar-refractivity contribution < 1.29 is 14.0 Å². The van der Waals surface area contributed by atoms with E-state index in [1.165, 1.54) is 11.0 Å². The first kappa shape index (κ1) is 12.5. The Balaban J connectivity index is 2.28. The van der Waals surface area contributed by atoms with Gasteiger partial charge in [0.05, 0.1) is 18.8 Å². The van der Waals surface area contributed by atoms with E-state index in [2.05, 4.69) is 5.32 Å². The van der Waals surface area contributed by atoms with Crippen LogP contribution in [0.3, 0.4) is 0 Å². The zero-order valence-electron chi connectivity index (χ0n) is 9.94. The Morgan fingerprint density at radius 1 is 1.33 bits per heavy atom. The van der Waals surface area contributed by atoms with Gasteiger partial charge in [-0.1, -0.05) is 6.07 Å². The SMILES string of the molecule is CC(N)c1ccc(N2CC(=O)NC(=O)C2)c(F)c1. The highest BCUT2D eigenvalue weighted by Gasteiger charge is 2.24. The van der Waals surface area contributed by atoms with Crippen LogP contribution < -0.4 is 16.0 Å². The van der Waals surface area contributed by atoms with Crippen molar-refractivity contribution >= 4 is 17.5 Å². The molecule has 1 aliphatic heterocycles. The molecule has 1 atom stereocenters. The number of hydrogen-bond donors (Lipinski definition) is 2. The van der Waals surface area contributed by atoms with E-state index in [9.17, 15) is 14.0 Å². The Morgan fingerprint density at radius 3 is 2.44 bits per heavy atom. The van der Waals surface area contributed by atoms with Crippen molar-refractivity contribution in [2.45, 2.75) is 13.0 Å². The van der Waals surface area contributed by atoms with Gasteiger partial charge in [-0.05, 0) is 24.6 Å². The topological polar surface area (TPSA) is 75.4 Å². The van der Waals surface area contributed by atoms with Gasteiger partial charge in [0.15, 0.2) is 0 Å². The van der Waals surface area contributed by atoms with E-state index in [0.29, 0.717) is 5.56 Å². The van der Waals surface area contributed by atoms with Crippen LogP contribution in [-0.4, -0.2) is 24.9 Å². The number of nitrogens with one attached hydrogen (secondary N) is 1. The van der Waals surface area contributed by atoms with Crippen LogP contribution in [0.15, 0.2) is 18.2 Å². The molecule has 2 rings (SSSR count). The molecule has 1 aliphatic rings. The van der Waals surface area contributed by atoms with Gasteiger partial charge in [0.25, 0.3) is 0 Å². The van der Waals surface area contributed by atoms with E-state index in [1.807, 2.05) is 0 Å². The predicted octanol–water partition coefficient (Wildman–Crippen LogP) is 0.308. The molecule has 3 N–H and O–H groups in total. The largest absolute Gasteiger partial charge is 0.351 e. The number of nitrogens with two attached hydrogens (primary N) is 1. The summed E-state index contributed by atoms with van der Waals surface area (Å²) in [5.74, 6) is -1.34. The Bertz CT molecular complexity index is 486. The summed E-state index contributed by atoms with van der Waals surface area (Å²) in [6.07, 6.45) is 0. The predicted molar refractivity (Wildman–Crippen MR) is 64.4 cm³/mol. The van der Waals surface area contributed by atoms with Crippen molar-refractivity contribution in [3.63, 3.8) is 0 Å². The third kappa shape index (κ3) is 2.48. The second kappa shape index (κ2) is 4.73. The van der Waals surface area contributed by atoms with Gasteiger partial charge >= 0.3 is 0 Å². The van der Waals surface area contributed by atoms with Crippen LogP contribution in [0, 0.1) is 5.82 Å². The number of nitrogens with zero attached hydrogens (tertiary/aromatic N) is 1. The molecule has 1 aromatic carbocycles. The van der Waals surface area contributed by atoms with Gasteiger partial charge in [-0.25, -0.2) is 4.39 Å². The van der Waals surface area contributed by atoms with E-state index in [1.54, 1.807) is 19.1 Å². The number of benzene rings is 1. The number of imide groups is 1. The van der Waals surface area contributed by atoms with Crippen LogP contribution in [0.25, 0.3) is 0 Å². The molecule has 2 amide bonds. The first-order chi connectivity index (χ1) is 8.47.